The molecule has 2 radical (unpaired) electrons. The summed E-state index contributed by atoms with van der Waals surface area (Å²) in [5.74, 6) is 2.19. The van der Waals surface area contributed by atoms with Crippen molar-refractivity contribution in [2.75, 3.05) is 6.67 Å². The Balaban J connectivity index is 0.000000311. The maximum absolute atomic E-state index is 4.61. The number of fused-ring (bicyclic) bond motifs is 5. The van der Waals surface area contributed by atoms with Crippen LogP contribution in [0.15, 0.2) is 22.1 Å². The fraction of sp³-hybridized carbons (Fsp3) is 0.677. The summed E-state index contributed by atoms with van der Waals surface area (Å²) in [5.41, 5.74) is 10.2. The molecule has 0 bridgehead atoms. The maximum Gasteiger partial charge on any atom is 0.122 e. The van der Waals surface area contributed by atoms with Crippen molar-refractivity contribution < 1.29 is 65.4 Å². The van der Waals surface area contributed by atoms with E-state index in [2.05, 4.69) is 225 Å². The van der Waals surface area contributed by atoms with Crippen molar-refractivity contribution in [3.05, 3.63) is 78.1 Å². The molecule has 0 spiro atoms. The first-order valence-electron chi connectivity index (χ1n) is 27.3. The number of aromatic nitrogens is 2. The van der Waals surface area contributed by atoms with Crippen molar-refractivity contribution in [1.29, 1.82) is 0 Å². The Morgan fingerprint density at radius 1 is 0.569 bits per heavy atom. The molecule has 2 unspecified atom stereocenters. The van der Waals surface area contributed by atoms with Crippen LogP contribution in [0.5, 0.6) is 0 Å². The Morgan fingerprint density at radius 2 is 1.00 bits per heavy atom. The fourth-order valence-corrected chi connectivity index (χ4v) is 22.2. The van der Waals surface area contributed by atoms with Crippen LogP contribution in [0, 0.1) is 37.8 Å². The number of aryl methyl sites for hydroxylation is 2. The molecule has 72 heavy (non-hydrogen) atoms. The number of thiophene rings is 2. The molecule has 0 saturated carbocycles. The Bertz CT molecular complexity index is 2610. The normalized spacial score (nSPS) is 14.9. The summed E-state index contributed by atoms with van der Waals surface area (Å²) in [6.07, 6.45) is 11.0. The van der Waals surface area contributed by atoms with Crippen molar-refractivity contribution in [3.8, 4) is 9.75 Å². The molecule has 0 saturated heterocycles. The van der Waals surface area contributed by atoms with Crippen LogP contribution in [0.1, 0.15) is 246 Å². The van der Waals surface area contributed by atoms with E-state index in [1.165, 1.54) is 109 Å². The molecule has 0 aliphatic carbocycles. The smallest absolute Gasteiger partial charge is 0.122 e. The Morgan fingerprint density at radius 3 is 1.39 bits per heavy atom. The van der Waals surface area contributed by atoms with Crippen LogP contribution in [0.25, 0.3) is 20.8 Å². The third-order valence-corrected chi connectivity index (χ3v) is 24.5. The van der Waals surface area contributed by atoms with E-state index in [0.29, 0.717) is 12.6 Å². The van der Waals surface area contributed by atoms with Crippen LogP contribution in [0.2, 0.25) is 12.1 Å². The van der Waals surface area contributed by atoms with Gasteiger partial charge < -0.3 is 4.99 Å². The zero-order chi connectivity index (χ0) is 52.5. The van der Waals surface area contributed by atoms with E-state index in [-0.39, 0.29) is 92.5 Å². The van der Waals surface area contributed by atoms with Crippen LogP contribution in [0.4, 0.5) is 0 Å². The quantitative estimate of drug-likeness (QED) is 0.0871. The summed E-state index contributed by atoms with van der Waals surface area (Å²) >= 11 is 5.60. The largest absolute Gasteiger partial charge is 0.325 e. The number of unbranched alkanes of at least 4 members (excludes halogenated alkanes) is 2. The van der Waals surface area contributed by atoms with Gasteiger partial charge in [-0.3, -0.25) is 4.99 Å². The summed E-state index contributed by atoms with van der Waals surface area (Å²) in [6.45, 7) is 53.4. The van der Waals surface area contributed by atoms with Crippen molar-refractivity contribution in [1.82, 2.24) is 8.75 Å². The Kier molecular flexibility index (Phi) is 23.9. The summed E-state index contributed by atoms with van der Waals surface area (Å²) in [7, 11) is -1.84. The molecule has 7 rings (SSSR count). The van der Waals surface area contributed by atoms with Crippen LogP contribution in [0.3, 0.4) is 0 Å². The minimum absolute atomic E-state index is 0. The maximum atomic E-state index is 4.61. The Labute approximate surface area is 504 Å². The van der Waals surface area contributed by atoms with Gasteiger partial charge in [0.05, 0.1) is 11.7 Å². The standard InChI is InChI=1S/C32H54S2Si.C16H23N2.C14H19N2S.2Y/c1-11-15-17-23(13-3)21-35(22-24(14-4)18-16-12-2)25-19-27(31(5,6)7)33-29(25)30-26(35)20-28(34-30)32(8,9)10;1-10-8-11(15(2,3)4)13-14(18-9-17-13)12(10)16(5,6)7;1-8(2)10-7-9(3)11(14(4,5)6)13-12(10)15-17-16-13;;/h19-20,23-24H,11-18,21-22H2,1-10H3;9H2,1-7H3;8H,1-6H3;;/q;2*-1;;. The number of nitrogens with zero attached hydrogens (tertiary/aromatic N) is 4. The molecule has 0 amide bonds. The summed E-state index contributed by atoms with van der Waals surface area (Å²) < 4.78 is 8.95. The minimum Gasteiger partial charge on any atom is -0.325 e. The van der Waals surface area contributed by atoms with Gasteiger partial charge in [0.1, 0.15) is 14.7 Å². The first kappa shape index (κ1) is 66.0. The molecule has 2 aliphatic rings. The second-order valence-electron chi connectivity index (χ2n) is 26.6. The van der Waals surface area contributed by atoms with E-state index in [9.17, 15) is 0 Å². The van der Waals surface area contributed by atoms with Gasteiger partial charge >= 0.3 is 0 Å². The van der Waals surface area contributed by atoms with Gasteiger partial charge in [0, 0.05) is 84.9 Å². The number of benzene rings is 2. The molecule has 2 aromatic carbocycles. The molecule has 2 aliphatic heterocycles. The van der Waals surface area contributed by atoms with Gasteiger partial charge in [0.2, 0.25) is 0 Å². The van der Waals surface area contributed by atoms with Gasteiger partial charge in [-0.2, -0.15) is 23.3 Å². The van der Waals surface area contributed by atoms with Crippen molar-refractivity contribution in [2.45, 2.75) is 256 Å². The molecular formula is C62H96N4S3SiY2-2. The minimum atomic E-state index is -1.84. The predicted octanol–water partition coefficient (Wildman–Crippen LogP) is 17.2. The second kappa shape index (κ2) is 26.1. The van der Waals surface area contributed by atoms with E-state index in [1.54, 1.807) is 19.5 Å². The van der Waals surface area contributed by atoms with E-state index in [0.717, 1.165) is 33.6 Å². The average molecular weight is 1200 g/mol. The molecule has 10 heteroatoms. The third kappa shape index (κ3) is 15.1. The molecule has 5 aromatic rings. The summed E-state index contributed by atoms with van der Waals surface area (Å²) in [5, 5.41) is 5.86. The molecule has 5 heterocycles. The molecule has 0 N–H and O–H groups in total. The van der Waals surface area contributed by atoms with E-state index in [1.807, 2.05) is 10.4 Å². The third-order valence-electron chi connectivity index (χ3n) is 14.9. The van der Waals surface area contributed by atoms with Crippen LogP contribution in [-0.2, 0) is 92.5 Å². The molecular weight excluding hydrogens is 1100 g/mol. The van der Waals surface area contributed by atoms with Gasteiger partial charge in [0.25, 0.3) is 0 Å². The second-order valence-corrected chi connectivity index (χ2v) is 33.3. The molecule has 394 valence electrons. The molecule has 2 atom stereocenters. The van der Waals surface area contributed by atoms with Gasteiger partial charge in [-0.15, -0.1) is 44.9 Å². The van der Waals surface area contributed by atoms with Gasteiger partial charge in [-0.25, -0.2) is 8.75 Å². The van der Waals surface area contributed by atoms with Crippen LogP contribution < -0.4 is 21.1 Å². The number of hydrogen-bond acceptors (Lipinski definition) is 7. The fourth-order valence-electron chi connectivity index (χ4n) is 11.1. The molecule has 0 fully saturated rings. The van der Waals surface area contributed by atoms with E-state index < -0.39 is 8.07 Å². The first-order chi connectivity index (χ1) is 32.3. The van der Waals surface area contributed by atoms with Gasteiger partial charge in [-0.1, -0.05) is 221 Å². The summed E-state index contributed by atoms with van der Waals surface area (Å²) in [6, 6.07) is 15.5. The van der Waals surface area contributed by atoms with Crippen molar-refractivity contribution >= 4 is 63.9 Å². The summed E-state index contributed by atoms with van der Waals surface area (Å²) in [4.78, 5) is 15.8. The zero-order valence-electron chi connectivity index (χ0n) is 49.8. The Hall–Kier alpha value is -0.315. The predicted molar refractivity (Wildman–Crippen MR) is 315 cm³/mol. The van der Waals surface area contributed by atoms with Crippen molar-refractivity contribution in [3.63, 3.8) is 0 Å². The SMILES string of the molecule is CCCCC(CC)C[Si]1(CC(CC)CCCC)c2cc(C(C)(C)C)sc2-c2sc(C(C)(C)C)cc21.Cc1[c-]c(C(C)(C)C)c2c(c1C(C)(C)C)=NCN=2.Cc1[c-]c(C(C)C)c2nsnc2c1C(C)(C)C.[Y].[Y]. The monoisotopic (exact) mass is 1200 g/mol. The van der Waals surface area contributed by atoms with Gasteiger partial charge in [-0.05, 0) is 90.3 Å². The molecule has 4 nitrogen and oxygen atoms in total. The topological polar surface area (TPSA) is 50.5 Å². The van der Waals surface area contributed by atoms with Gasteiger partial charge in [0.15, 0.2) is 0 Å². The molecule has 3 aromatic heterocycles. The van der Waals surface area contributed by atoms with Crippen molar-refractivity contribution in [2.24, 2.45) is 21.8 Å². The number of rotatable bonds is 13. The van der Waals surface area contributed by atoms with E-state index >= 15 is 0 Å². The van der Waals surface area contributed by atoms with E-state index in [4.69, 9.17) is 0 Å². The average Bonchev–Trinajstić information content (AvgIpc) is 4.08. The van der Waals surface area contributed by atoms with Crippen LogP contribution >= 0.6 is 34.4 Å². The number of hydrogen-bond donors (Lipinski definition) is 0. The first-order valence-corrected chi connectivity index (χ1v) is 32.1. The van der Waals surface area contributed by atoms with Crippen LogP contribution in [-0.4, -0.2) is 23.5 Å². The zero-order valence-corrected chi connectivity index (χ0v) is 59.0.